The molecule has 0 aliphatic rings. The second-order valence-electron chi connectivity index (χ2n) is 5.96. The first-order valence-electron chi connectivity index (χ1n) is 8.38. The standard InChI is InChI=1S/C18H29N3/c1-4-5-6-7-8-11-14-19-15(2)18-20-16-12-9-10-13-17(16)21(18)3/h9-10,12-13,15,19H,4-8,11,14H2,1-3H3. The zero-order valence-corrected chi connectivity index (χ0v) is 13.7. The zero-order valence-electron chi connectivity index (χ0n) is 13.7. The van der Waals surface area contributed by atoms with E-state index in [2.05, 4.69) is 49.0 Å². The number of unbranched alkanes of at least 4 members (excludes halogenated alkanes) is 5. The van der Waals surface area contributed by atoms with Gasteiger partial charge in [-0.15, -0.1) is 0 Å². The summed E-state index contributed by atoms with van der Waals surface area (Å²) in [5, 5.41) is 3.61. The fourth-order valence-electron chi connectivity index (χ4n) is 2.87. The normalized spacial score (nSPS) is 12.9. The fraction of sp³-hybridized carbons (Fsp3) is 0.611. The van der Waals surface area contributed by atoms with Crippen LogP contribution in [0, 0.1) is 0 Å². The maximum atomic E-state index is 4.75. The third-order valence-electron chi connectivity index (χ3n) is 4.19. The summed E-state index contributed by atoms with van der Waals surface area (Å²) in [4.78, 5) is 4.75. The summed E-state index contributed by atoms with van der Waals surface area (Å²) < 4.78 is 2.20. The topological polar surface area (TPSA) is 29.9 Å². The molecule has 1 aromatic heterocycles. The van der Waals surface area contributed by atoms with Crippen molar-refractivity contribution in [1.29, 1.82) is 0 Å². The number of hydrogen-bond donors (Lipinski definition) is 1. The Balaban J connectivity index is 1.79. The maximum absolute atomic E-state index is 4.75. The highest BCUT2D eigenvalue weighted by atomic mass is 15.1. The highest BCUT2D eigenvalue weighted by Gasteiger charge is 2.13. The minimum absolute atomic E-state index is 0.304. The number of rotatable bonds is 9. The summed E-state index contributed by atoms with van der Waals surface area (Å²) in [7, 11) is 2.10. The first-order valence-corrected chi connectivity index (χ1v) is 8.38. The summed E-state index contributed by atoms with van der Waals surface area (Å²) in [6.45, 7) is 5.55. The molecule has 1 heterocycles. The van der Waals surface area contributed by atoms with E-state index in [4.69, 9.17) is 4.98 Å². The van der Waals surface area contributed by atoms with E-state index in [1.165, 1.54) is 44.0 Å². The highest BCUT2D eigenvalue weighted by Crippen LogP contribution is 2.19. The Morgan fingerprint density at radius 2 is 1.81 bits per heavy atom. The Kier molecular flexibility index (Phi) is 6.24. The van der Waals surface area contributed by atoms with Gasteiger partial charge < -0.3 is 9.88 Å². The van der Waals surface area contributed by atoms with Gasteiger partial charge in [-0.3, -0.25) is 0 Å². The van der Waals surface area contributed by atoms with Crippen LogP contribution in [0.25, 0.3) is 11.0 Å². The third-order valence-corrected chi connectivity index (χ3v) is 4.19. The molecule has 116 valence electrons. The smallest absolute Gasteiger partial charge is 0.126 e. The van der Waals surface area contributed by atoms with Crippen molar-refractivity contribution >= 4 is 11.0 Å². The number of aryl methyl sites for hydroxylation is 1. The van der Waals surface area contributed by atoms with Crippen LogP contribution in [0.1, 0.15) is 64.2 Å². The number of para-hydroxylation sites is 2. The van der Waals surface area contributed by atoms with Gasteiger partial charge in [0.2, 0.25) is 0 Å². The molecule has 0 bridgehead atoms. The quantitative estimate of drug-likeness (QED) is 0.684. The van der Waals surface area contributed by atoms with Gasteiger partial charge in [-0.2, -0.15) is 0 Å². The van der Waals surface area contributed by atoms with Gasteiger partial charge >= 0.3 is 0 Å². The summed E-state index contributed by atoms with van der Waals surface area (Å²) in [5.41, 5.74) is 2.30. The molecule has 1 unspecified atom stereocenters. The lowest BCUT2D eigenvalue weighted by Crippen LogP contribution is -2.22. The second-order valence-corrected chi connectivity index (χ2v) is 5.96. The lowest BCUT2D eigenvalue weighted by Gasteiger charge is -2.13. The summed E-state index contributed by atoms with van der Waals surface area (Å²) in [6.07, 6.45) is 8.05. The van der Waals surface area contributed by atoms with Gasteiger partial charge in [0.1, 0.15) is 5.82 Å². The fourth-order valence-corrected chi connectivity index (χ4v) is 2.87. The molecule has 0 saturated heterocycles. The predicted octanol–water partition coefficient (Wildman–Crippen LogP) is 4.58. The molecule has 1 atom stereocenters. The van der Waals surface area contributed by atoms with E-state index in [0.29, 0.717) is 6.04 Å². The molecule has 0 aliphatic heterocycles. The molecule has 0 spiro atoms. The first kappa shape index (κ1) is 16.0. The summed E-state index contributed by atoms with van der Waals surface area (Å²) in [5.74, 6) is 1.13. The first-order chi connectivity index (χ1) is 10.2. The predicted molar refractivity (Wildman–Crippen MR) is 90.5 cm³/mol. The number of benzene rings is 1. The SMILES string of the molecule is CCCCCCCCNC(C)c1nc2ccccc2n1C. The Bertz CT molecular complexity index is 544. The number of nitrogens with zero attached hydrogens (tertiary/aromatic N) is 2. The Morgan fingerprint density at radius 3 is 2.57 bits per heavy atom. The van der Waals surface area contributed by atoms with Crippen molar-refractivity contribution in [2.75, 3.05) is 6.54 Å². The van der Waals surface area contributed by atoms with Gasteiger partial charge in [0, 0.05) is 7.05 Å². The van der Waals surface area contributed by atoms with Gasteiger partial charge in [-0.05, 0) is 32.0 Å². The number of hydrogen-bond acceptors (Lipinski definition) is 2. The van der Waals surface area contributed by atoms with Gasteiger partial charge in [0.15, 0.2) is 0 Å². The second kappa shape index (κ2) is 8.18. The van der Waals surface area contributed by atoms with E-state index >= 15 is 0 Å². The molecule has 21 heavy (non-hydrogen) atoms. The van der Waals surface area contributed by atoms with Crippen LogP contribution in [-0.4, -0.2) is 16.1 Å². The lowest BCUT2D eigenvalue weighted by molar-refractivity contribution is 0.504. The average Bonchev–Trinajstić information content (AvgIpc) is 2.84. The van der Waals surface area contributed by atoms with Crippen LogP contribution in [0.4, 0.5) is 0 Å². The molecular formula is C18H29N3. The molecule has 3 nitrogen and oxygen atoms in total. The minimum atomic E-state index is 0.304. The van der Waals surface area contributed by atoms with Crippen molar-refractivity contribution in [2.24, 2.45) is 7.05 Å². The van der Waals surface area contributed by atoms with Crippen molar-refractivity contribution in [3.63, 3.8) is 0 Å². The zero-order chi connectivity index (χ0) is 15.1. The number of imidazole rings is 1. The molecule has 0 fully saturated rings. The number of nitrogens with one attached hydrogen (secondary N) is 1. The molecule has 2 rings (SSSR count). The van der Waals surface area contributed by atoms with Crippen molar-refractivity contribution in [2.45, 2.75) is 58.4 Å². The van der Waals surface area contributed by atoms with Crippen LogP contribution in [-0.2, 0) is 7.05 Å². The number of fused-ring (bicyclic) bond motifs is 1. The van der Waals surface area contributed by atoms with E-state index in [1.54, 1.807) is 0 Å². The van der Waals surface area contributed by atoms with Gasteiger partial charge in [0.05, 0.1) is 17.1 Å². The third kappa shape index (κ3) is 4.31. The highest BCUT2D eigenvalue weighted by molar-refractivity contribution is 5.75. The molecular weight excluding hydrogens is 258 g/mol. The van der Waals surface area contributed by atoms with Gasteiger partial charge in [-0.1, -0.05) is 51.2 Å². The van der Waals surface area contributed by atoms with Crippen LogP contribution in [0.2, 0.25) is 0 Å². The summed E-state index contributed by atoms with van der Waals surface area (Å²) in [6, 6.07) is 8.64. The lowest BCUT2D eigenvalue weighted by atomic mass is 10.1. The van der Waals surface area contributed by atoms with Crippen LogP contribution in [0.3, 0.4) is 0 Å². The van der Waals surface area contributed by atoms with E-state index in [1.807, 2.05) is 6.07 Å². The molecule has 1 N–H and O–H groups in total. The minimum Gasteiger partial charge on any atom is -0.330 e. The molecule has 2 aromatic rings. The van der Waals surface area contributed by atoms with E-state index in [9.17, 15) is 0 Å². The Labute approximate surface area is 128 Å². The van der Waals surface area contributed by atoms with Crippen molar-refractivity contribution in [1.82, 2.24) is 14.9 Å². The number of aromatic nitrogens is 2. The van der Waals surface area contributed by atoms with Crippen LogP contribution in [0.5, 0.6) is 0 Å². The Morgan fingerprint density at radius 1 is 1.10 bits per heavy atom. The monoisotopic (exact) mass is 287 g/mol. The molecule has 1 aromatic carbocycles. The van der Waals surface area contributed by atoms with Gasteiger partial charge in [0.25, 0.3) is 0 Å². The Hall–Kier alpha value is -1.35. The van der Waals surface area contributed by atoms with Crippen LogP contribution in [0.15, 0.2) is 24.3 Å². The average molecular weight is 287 g/mol. The van der Waals surface area contributed by atoms with Crippen LogP contribution < -0.4 is 5.32 Å². The molecule has 3 heteroatoms. The van der Waals surface area contributed by atoms with Crippen molar-refractivity contribution < 1.29 is 0 Å². The molecule has 0 saturated carbocycles. The van der Waals surface area contributed by atoms with Gasteiger partial charge in [-0.25, -0.2) is 4.98 Å². The van der Waals surface area contributed by atoms with E-state index < -0.39 is 0 Å². The molecule has 0 aliphatic carbocycles. The maximum Gasteiger partial charge on any atom is 0.126 e. The van der Waals surface area contributed by atoms with E-state index in [-0.39, 0.29) is 0 Å². The largest absolute Gasteiger partial charge is 0.330 e. The molecule has 0 amide bonds. The summed E-state index contributed by atoms with van der Waals surface area (Å²) >= 11 is 0. The van der Waals surface area contributed by atoms with Crippen molar-refractivity contribution in [3.05, 3.63) is 30.1 Å². The molecule has 0 radical (unpaired) electrons. The van der Waals surface area contributed by atoms with E-state index in [0.717, 1.165) is 17.9 Å². The van der Waals surface area contributed by atoms with Crippen molar-refractivity contribution in [3.8, 4) is 0 Å². The van der Waals surface area contributed by atoms with Crippen LogP contribution >= 0.6 is 0 Å².